The zero-order chi connectivity index (χ0) is 23.4. The Kier molecular flexibility index (Phi) is 7.77. The van der Waals surface area contributed by atoms with Crippen LogP contribution in [0.4, 0.5) is 20.2 Å². The van der Waals surface area contributed by atoms with Gasteiger partial charge in [0.05, 0.1) is 12.3 Å². The summed E-state index contributed by atoms with van der Waals surface area (Å²) in [4.78, 5) is 28.9. The van der Waals surface area contributed by atoms with E-state index in [0.29, 0.717) is 24.1 Å². The van der Waals surface area contributed by atoms with Gasteiger partial charge in [-0.2, -0.15) is 8.78 Å². The molecule has 3 aliphatic rings. The number of nitrogens with two attached hydrogens (primary N) is 1. The van der Waals surface area contributed by atoms with Gasteiger partial charge in [0.25, 0.3) is 5.91 Å². The van der Waals surface area contributed by atoms with Crippen molar-refractivity contribution in [3.8, 4) is 5.75 Å². The molecule has 0 aromatic heterocycles. The second kappa shape index (κ2) is 10.8. The molecule has 0 spiro atoms. The van der Waals surface area contributed by atoms with Gasteiger partial charge in [-0.1, -0.05) is 6.42 Å². The summed E-state index contributed by atoms with van der Waals surface area (Å²) in [6.07, 6.45) is 5.94. The molecule has 2 saturated carbocycles. The van der Waals surface area contributed by atoms with E-state index in [1.807, 2.05) is 0 Å². The van der Waals surface area contributed by atoms with E-state index in [4.69, 9.17) is 10.5 Å². The molecule has 0 bridgehead atoms. The van der Waals surface area contributed by atoms with Crippen LogP contribution in [0.15, 0.2) is 18.2 Å². The fourth-order valence-electron chi connectivity index (χ4n) is 4.39. The van der Waals surface area contributed by atoms with Crippen LogP contribution < -0.4 is 20.7 Å². The lowest BCUT2D eigenvalue weighted by atomic mass is 9.84. The molecular weight excluding hydrogens is 434 g/mol. The third-order valence-electron chi connectivity index (χ3n) is 6.59. The molecular formula is C23H32F2N4O4. The lowest BCUT2D eigenvalue weighted by molar-refractivity contribution is -0.126. The van der Waals surface area contributed by atoms with Crippen LogP contribution in [0.25, 0.3) is 0 Å². The van der Waals surface area contributed by atoms with E-state index in [1.54, 1.807) is 6.07 Å². The summed E-state index contributed by atoms with van der Waals surface area (Å²) in [6, 6.07) is 3.92. The minimum atomic E-state index is -3.07. The summed E-state index contributed by atoms with van der Waals surface area (Å²) in [6.45, 7) is -0.786. The molecule has 2 amide bonds. The molecule has 10 heteroatoms. The van der Waals surface area contributed by atoms with Crippen molar-refractivity contribution in [3.05, 3.63) is 18.2 Å². The third-order valence-corrected chi connectivity index (χ3v) is 6.59. The molecule has 3 N–H and O–H groups in total. The van der Waals surface area contributed by atoms with Crippen molar-refractivity contribution in [2.75, 3.05) is 49.6 Å². The average molecular weight is 467 g/mol. The van der Waals surface area contributed by atoms with E-state index in [1.165, 1.54) is 49.1 Å². The standard InChI is InChI=1S/C23H32F2N4O4/c24-23(25)33-20-10-17(6-7-18(20)29-8-9-32-14-21(29)30)27-22(31)19(11-26)28(13-16-4-5-16)12-15-2-1-3-15/h6-7,10,15-16,19,23H,1-5,8-9,11-14,26H2,(H,27,31)/t19-/m0/s1. The Morgan fingerprint density at radius 1 is 1.24 bits per heavy atom. The second-order valence-electron chi connectivity index (χ2n) is 9.09. The number of morpholine rings is 1. The maximum absolute atomic E-state index is 13.1. The predicted molar refractivity (Wildman–Crippen MR) is 119 cm³/mol. The largest absolute Gasteiger partial charge is 0.433 e. The van der Waals surface area contributed by atoms with Crippen LogP contribution in [0, 0.1) is 11.8 Å². The lowest BCUT2D eigenvalue weighted by Crippen LogP contribution is -2.51. The van der Waals surface area contributed by atoms with E-state index in [0.717, 1.165) is 13.1 Å². The average Bonchev–Trinajstić information content (AvgIpc) is 3.55. The number of hydrogen-bond acceptors (Lipinski definition) is 6. The Bertz CT molecular complexity index is 848. The van der Waals surface area contributed by atoms with E-state index < -0.39 is 12.7 Å². The van der Waals surface area contributed by atoms with Crippen LogP contribution in [0.5, 0.6) is 5.75 Å². The highest BCUT2D eigenvalue weighted by Crippen LogP contribution is 2.35. The van der Waals surface area contributed by atoms with Gasteiger partial charge in [-0.15, -0.1) is 0 Å². The number of nitrogens with one attached hydrogen (secondary N) is 1. The van der Waals surface area contributed by atoms with Crippen molar-refractivity contribution in [1.82, 2.24) is 4.90 Å². The highest BCUT2D eigenvalue weighted by atomic mass is 19.3. The second-order valence-corrected chi connectivity index (χ2v) is 9.09. The van der Waals surface area contributed by atoms with Crippen molar-refractivity contribution in [2.24, 2.45) is 17.6 Å². The molecule has 3 fully saturated rings. The van der Waals surface area contributed by atoms with Gasteiger partial charge in [0.15, 0.2) is 5.75 Å². The monoisotopic (exact) mass is 466 g/mol. The molecule has 2 aliphatic carbocycles. The SMILES string of the molecule is NC[C@@H](C(=O)Nc1ccc(N2CCOCC2=O)c(OC(F)F)c1)N(CC1CCC1)CC1CC1. The van der Waals surface area contributed by atoms with Crippen molar-refractivity contribution in [3.63, 3.8) is 0 Å². The number of carbonyl (C=O) groups excluding carboxylic acids is 2. The summed E-state index contributed by atoms with van der Waals surface area (Å²) in [5.74, 6) is 0.430. The zero-order valence-corrected chi connectivity index (χ0v) is 18.7. The molecule has 1 aromatic rings. The Balaban J connectivity index is 1.49. The van der Waals surface area contributed by atoms with Gasteiger partial charge in [0.2, 0.25) is 5.91 Å². The molecule has 33 heavy (non-hydrogen) atoms. The number of alkyl halides is 2. The molecule has 182 valence electrons. The van der Waals surface area contributed by atoms with E-state index in [9.17, 15) is 18.4 Å². The highest BCUT2D eigenvalue weighted by molar-refractivity contribution is 5.98. The number of hydrogen-bond donors (Lipinski definition) is 2. The number of nitrogens with zero attached hydrogens (tertiary/aromatic N) is 2. The molecule has 1 atom stereocenters. The Morgan fingerprint density at radius 2 is 1.97 bits per heavy atom. The maximum atomic E-state index is 13.1. The van der Waals surface area contributed by atoms with Gasteiger partial charge < -0.3 is 25.4 Å². The minimum absolute atomic E-state index is 0.122. The summed E-state index contributed by atoms with van der Waals surface area (Å²) >= 11 is 0. The normalized spacial score (nSPS) is 20.2. The minimum Gasteiger partial charge on any atom is -0.433 e. The van der Waals surface area contributed by atoms with E-state index in [-0.39, 0.29) is 42.9 Å². The first-order valence-corrected chi connectivity index (χ1v) is 11.7. The van der Waals surface area contributed by atoms with Crippen LogP contribution in [0.1, 0.15) is 32.1 Å². The summed E-state index contributed by atoms with van der Waals surface area (Å²) in [5.41, 5.74) is 6.54. The number of carbonyl (C=O) groups is 2. The first-order valence-electron chi connectivity index (χ1n) is 11.7. The first kappa shape index (κ1) is 23.8. The number of rotatable bonds is 11. The maximum Gasteiger partial charge on any atom is 0.387 e. The molecule has 8 nitrogen and oxygen atoms in total. The van der Waals surface area contributed by atoms with Crippen LogP contribution >= 0.6 is 0 Å². The topological polar surface area (TPSA) is 97.1 Å². The molecule has 1 aromatic carbocycles. The number of anilines is 2. The quantitative estimate of drug-likeness (QED) is 0.520. The van der Waals surface area contributed by atoms with Gasteiger partial charge in [0, 0.05) is 37.9 Å². The zero-order valence-electron chi connectivity index (χ0n) is 18.7. The number of ether oxygens (including phenoxy) is 2. The van der Waals surface area contributed by atoms with Gasteiger partial charge in [-0.05, 0) is 49.7 Å². The number of amides is 2. The Hall–Kier alpha value is -2.30. The van der Waals surface area contributed by atoms with Crippen molar-refractivity contribution in [2.45, 2.75) is 44.8 Å². The number of benzene rings is 1. The first-order chi connectivity index (χ1) is 15.9. The van der Waals surface area contributed by atoms with Crippen molar-refractivity contribution in [1.29, 1.82) is 0 Å². The van der Waals surface area contributed by atoms with E-state index in [2.05, 4.69) is 15.0 Å². The Morgan fingerprint density at radius 3 is 2.55 bits per heavy atom. The van der Waals surface area contributed by atoms with Crippen LogP contribution in [0.2, 0.25) is 0 Å². The van der Waals surface area contributed by atoms with Crippen molar-refractivity contribution >= 4 is 23.2 Å². The number of halogens is 2. The molecule has 1 aliphatic heterocycles. The van der Waals surface area contributed by atoms with Gasteiger partial charge in [-0.3, -0.25) is 14.5 Å². The molecule has 4 rings (SSSR count). The Labute approximate surface area is 192 Å². The summed E-state index contributed by atoms with van der Waals surface area (Å²) in [7, 11) is 0. The van der Waals surface area contributed by atoms with Gasteiger partial charge >= 0.3 is 6.61 Å². The van der Waals surface area contributed by atoms with Gasteiger partial charge in [0.1, 0.15) is 12.6 Å². The fraction of sp³-hybridized carbons (Fsp3) is 0.652. The predicted octanol–water partition coefficient (Wildman–Crippen LogP) is 2.43. The van der Waals surface area contributed by atoms with Crippen LogP contribution in [-0.2, 0) is 14.3 Å². The summed E-state index contributed by atoms with van der Waals surface area (Å²) < 4.78 is 35.9. The molecule has 0 radical (unpaired) electrons. The highest BCUT2D eigenvalue weighted by Gasteiger charge is 2.34. The van der Waals surface area contributed by atoms with Crippen LogP contribution in [0.3, 0.4) is 0 Å². The molecule has 1 saturated heterocycles. The molecule has 1 heterocycles. The van der Waals surface area contributed by atoms with E-state index >= 15 is 0 Å². The third kappa shape index (κ3) is 6.18. The van der Waals surface area contributed by atoms with Crippen molar-refractivity contribution < 1.29 is 27.8 Å². The molecule has 0 unspecified atom stereocenters. The van der Waals surface area contributed by atoms with Gasteiger partial charge in [-0.25, -0.2) is 0 Å². The smallest absolute Gasteiger partial charge is 0.387 e. The fourth-order valence-corrected chi connectivity index (χ4v) is 4.39. The summed E-state index contributed by atoms with van der Waals surface area (Å²) in [5, 5.41) is 2.82. The lowest BCUT2D eigenvalue weighted by Gasteiger charge is -2.36. The van der Waals surface area contributed by atoms with Crippen LogP contribution in [-0.4, -0.2) is 68.8 Å².